The number of rotatable bonds is 6. The minimum Gasteiger partial charge on any atom is -0.462 e. The van der Waals surface area contributed by atoms with E-state index in [0.717, 1.165) is 0 Å². The van der Waals surface area contributed by atoms with Crippen LogP contribution >= 0.6 is 0 Å². The lowest BCUT2D eigenvalue weighted by Gasteiger charge is -2.11. The van der Waals surface area contributed by atoms with Gasteiger partial charge in [0.2, 0.25) is 0 Å². The van der Waals surface area contributed by atoms with Gasteiger partial charge in [-0.1, -0.05) is 0 Å². The molecule has 1 aliphatic heterocycles. The number of aryl methyl sites for hydroxylation is 1. The molecule has 1 aliphatic rings. The number of ether oxygens (including phenoxy) is 2. The summed E-state index contributed by atoms with van der Waals surface area (Å²) >= 11 is 0. The second-order valence-electron chi connectivity index (χ2n) is 6.09. The summed E-state index contributed by atoms with van der Waals surface area (Å²) in [5.74, 6) is -1.97. The molecule has 1 aromatic heterocycles. The van der Waals surface area contributed by atoms with E-state index in [9.17, 15) is 22.8 Å². The van der Waals surface area contributed by atoms with Crippen LogP contribution in [-0.2, 0) is 24.1 Å². The molecule has 144 valence electrons. The standard InChI is InChI=1S/C16H22N2O7S/c1-4-24-15(20)13-9(2)14(17-10(13)3)16(21)25-7-12(19)18-11-5-6-26(22,23)8-11/h11,17H,4-8H2,1-3H3,(H,18,19)/t11-/m1/s1. The third-order valence-electron chi connectivity index (χ3n) is 4.05. The molecule has 1 saturated heterocycles. The molecule has 9 nitrogen and oxygen atoms in total. The van der Waals surface area contributed by atoms with Crippen molar-refractivity contribution in [2.24, 2.45) is 0 Å². The van der Waals surface area contributed by atoms with Crippen molar-refractivity contribution < 1.29 is 32.3 Å². The van der Waals surface area contributed by atoms with Crippen molar-refractivity contribution in [3.8, 4) is 0 Å². The van der Waals surface area contributed by atoms with Gasteiger partial charge in [-0.3, -0.25) is 4.79 Å². The van der Waals surface area contributed by atoms with Crippen LogP contribution in [0.15, 0.2) is 0 Å². The van der Waals surface area contributed by atoms with Gasteiger partial charge < -0.3 is 19.8 Å². The summed E-state index contributed by atoms with van der Waals surface area (Å²) in [6.07, 6.45) is 0.347. The summed E-state index contributed by atoms with van der Waals surface area (Å²) in [5, 5.41) is 2.53. The maximum absolute atomic E-state index is 12.2. The molecule has 0 radical (unpaired) electrons. The number of esters is 2. The lowest BCUT2D eigenvalue weighted by molar-refractivity contribution is -0.124. The van der Waals surface area contributed by atoms with Crippen LogP contribution in [-0.4, -0.2) is 62.0 Å². The Morgan fingerprint density at radius 2 is 1.88 bits per heavy atom. The van der Waals surface area contributed by atoms with E-state index in [2.05, 4.69) is 10.3 Å². The monoisotopic (exact) mass is 386 g/mol. The first-order chi connectivity index (χ1) is 12.1. The quantitative estimate of drug-likeness (QED) is 0.671. The lowest BCUT2D eigenvalue weighted by atomic mass is 10.1. The SMILES string of the molecule is CCOC(=O)c1c(C)[nH]c(C(=O)OCC(=O)N[C@@H]2CCS(=O)(=O)C2)c1C. The average molecular weight is 386 g/mol. The fourth-order valence-corrected chi connectivity index (χ4v) is 4.52. The van der Waals surface area contributed by atoms with Gasteiger partial charge in [-0.25, -0.2) is 18.0 Å². The third kappa shape index (κ3) is 4.63. The number of amides is 1. The summed E-state index contributed by atoms with van der Waals surface area (Å²) in [6, 6.07) is -0.462. The number of aromatic amines is 1. The van der Waals surface area contributed by atoms with Gasteiger partial charge in [-0.2, -0.15) is 0 Å². The lowest BCUT2D eigenvalue weighted by Crippen LogP contribution is -2.38. The number of carbonyl (C=O) groups is 3. The van der Waals surface area contributed by atoms with Crippen molar-refractivity contribution in [3.05, 3.63) is 22.5 Å². The molecule has 1 atom stereocenters. The third-order valence-corrected chi connectivity index (χ3v) is 5.82. The highest BCUT2D eigenvalue weighted by molar-refractivity contribution is 7.91. The van der Waals surface area contributed by atoms with Gasteiger partial charge in [0, 0.05) is 11.7 Å². The van der Waals surface area contributed by atoms with Gasteiger partial charge in [0.05, 0.1) is 23.7 Å². The zero-order valence-electron chi connectivity index (χ0n) is 14.9. The van der Waals surface area contributed by atoms with Crippen LogP contribution in [0.1, 0.15) is 45.4 Å². The molecule has 26 heavy (non-hydrogen) atoms. The molecule has 2 heterocycles. The Labute approximate surface area is 151 Å². The zero-order chi connectivity index (χ0) is 19.5. The topological polar surface area (TPSA) is 132 Å². The maximum Gasteiger partial charge on any atom is 0.355 e. The highest BCUT2D eigenvalue weighted by atomic mass is 32.2. The van der Waals surface area contributed by atoms with Crippen molar-refractivity contribution in [3.63, 3.8) is 0 Å². The van der Waals surface area contributed by atoms with Gasteiger partial charge in [0.25, 0.3) is 5.91 Å². The summed E-state index contributed by atoms with van der Waals surface area (Å²) in [5.41, 5.74) is 1.18. The first-order valence-electron chi connectivity index (χ1n) is 8.17. The van der Waals surface area contributed by atoms with Gasteiger partial charge in [0.1, 0.15) is 5.69 Å². The first kappa shape index (κ1) is 20.0. The Balaban J connectivity index is 1.95. The molecule has 0 aliphatic carbocycles. The van der Waals surface area contributed by atoms with Crippen LogP contribution < -0.4 is 5.32 Å². The molecule has 10 heteroatoms. The Bertz CT molecular complexity index is 826. The van der Waals surface area contributed by atoms with Gasteiger partial charge in [-0.05, 0) is 32.8 Å². The fraction of sp³-hybridized carbons (Fsp3) is 0.562. The average Bonchev–Trinajstić information content (AvgIpc) is 3.03. The maximum atomic E-state index is 12.2. The number of sulfone groups is 1. The molecule has 0 bridgehead atoms. The van der Waals surface area contributed by atoms with E-state index in [4.69, 9.17) is 9.47 Å². The number of aromatic nitrogens is 1. The van der Waals surface area contributed by atoms with E-state index in [1.165, 1.54) is 0 Å². The van der Waals surface area contributed by atoms with E-state index in [-0.39, 0.29) is 29.4 Å². The highest BCUT2D eigenvalue weighted by Crippen LogP contribution is 2.20. The smallest absolute Gasteiger partial charge is 0.355 e. The van der Waals surface area contributed by atoms with E-state index in [1.807, 2.05) is 0 Å². The van der Waals surface area contributed by atoms with Crippen molar-refractivity contribution in [1.29, 1.82) is 0 Å². The Hall–Kier alpha value is -2.36. The number of hydrogen-bond acceptors (Lipinski definition) is 7. The van der Waals surface area contributed by atoms with E-state index in [0.29, 0.717) is 17.7 Å². The Morgan fingerprint density at radius 1 is 1.19 bits per heavy atom. The van der Waals surface area contributed by atoms with Crippen LogP contribution in [0.25, 0.3) is 0 Å². The molecule has 1 amide bonds. The number of nitrogens with one attached hydrogen (secondary N) is 2. The molecule has 0 unspecified atom stereocenters. The molecule has 2 N–H and O–H groups in total. The minimum absolute atomic E-state index is 0.0370. The van der Waals surface area contributed by atoms with Crippen molar-refractivity contribution in [2.75, 3.05) is 24.7 Å². The second-order valence-corrected chi connectivity index (χ2v) is 8.32. The summed E-state index contributed by atoms with van der Waals surface area (Å²) in [7, 11) is -3.11. The number of H-pyrrole nitrogens is 1. The zero-order valence-corrected chi connectivity index (χ0v) is 15.7. The molecule has 1 aromatic rings. The summed E-state index contributed by atoms with van der Waals surface area (Å²) < 4.78 is 32.6. The van der Waals surface area contributed by atoms with Crippen LogP contribution in [0.3, 0.4) is 0 Å². The van der Waals surface area contributed by atoms with Crippen LogP contribution in [0.4, 0.5) is 0 Å². The molecule has 0 aromatic carbocycles. The summed E-state index contributed by atoms with van der Waals surface area (Å²) in [4.78, 5) is 38.7. The fourth-order valence-electron chi connectivity index (χ4n) is 2.85. The molecule has 0 saturated carbocycles. The van der Waals surface area contributed by atoms with Gasteiger partial charge in [0.15, 0.2) is 16.4 Å². The number of carbonyl (C=O) groups excluding carboxylic acids is 3. The molecule has 1 fully saturated rings. The molecular weight excluding hydrogens is 364 g/mol. The number of hydrogen-bond donors (Lipinski definition) is 2. The summed E-state index contributed by atoms with van der Waals surface area (Å²) in [6.45, 7) is 4.55. The highest BCUT2D eigenvalue weighted by Gasteiger charge is 2.29. The molecular formula is C16H22N2O7S. The molecule has 0 spiro atoms. The van der Waals surface area contributed by atoms with Crippen molar-refractivity contribution in [1.82, 2.24) is 10.3 Å². The van der Waals surface area contributed by atoms with Gasteiger partial charge >= 0.3 is 11.9 Å². The van der Waals surface area contributed by atoms with E-state index >= 15 is 0 Å². The largest absolute Gasteiger partial charge is 0.462 e. The second kappa shape index (κ2) is 7.90. The van der Waals surface area contributed by atoms with Gasteiger partial charge in [-0.15, -0.1) is 0 Å². The minimum atomic E-state index is -3.11. The Kier molecular flexibility index (Phi) is 6.06. The molecule has 2 rings (SSSR count). The predicted octanol–water partition coefficient (Wildman–Crippen LogP) is 0.268. The van der Waals surface area contributed by atoms with E-state index in [1.54, 1.807) is 20.8 Å². The van der Waals surface area contributed by atoms with Crippen LogP contribution in [0.2, 0.25) is 0 Å². The predicted molar refractivity (Wildman–Crippen MR) is 91.7 cm³/mol. The van der Waals surface area contributed by atoms with Crippen molar-refractivity contribution >= 4 is 27.7 Å². The van der Waals surface area contributed by atoms with Crippen LogP contribution in [0, 0.1) is 13.8 Å². The Morgan fingerprint density at radius 3 is 2.46 bits per heavy atom. The first-order valence-corrected chi connectivity index (χ1v) is 10.00. The van der Waals surface area contributed by atoms with E-state index < -0.39 is 40.3 Å². The normalized spacial score (nSPS) is 18.3. The van der Waals surface area contributed by atoms with Crippen LogP contribution in [0.5, 0.6) is 0 Å². The van der Waals surface area contributed by atoms with Crippen molar-refractivity contribution in [2.45, 2.75) is 33.2 Å².